The van der Waals surface area contributed by atoms with Gasteiger partial charge in [0.15, 0.2) is 0 Å². The maximum atomic E-state index is 6.32. The molecule has 0 aliphatic carbocycles. The van der Waals surface area contributed by atoms with E-state index in [2.05, 4.69) is 41.6 Å². The lowest BCUT2D eigenvalue weighted by Crippen LogP contribution is -2.04. The van der Waals surface area contributed by atoms with Gasteiger partial charge >= 0.3 is 0 Å². The first-order valence-corrected chi connectivity index (χ1v) is 8.10. The Morgan fingerprint density at radius 1 is 1.30 bits per heavy atom. The second-order valence-corrected chi connectivity index (χ2v) is 6.05. The van der Waals surface area contributed by atoms with Crippen molar-refractivity contribution in [3.63, 3.8) is 0 Å². The molecular weight excluding hydrogens is 290 g/mol. The monoisotopic (exact) mass is 309 g/mol. The van der Waals surface area contributed by atoms with Gasteiger partial charge < -0.3 is 5.32 Å². The van der Waals surface area contributed by atoms with Crippen LogP contribution in [0.15, 0.2) is 29.2 Å². The summed E-state index contributed by atoms with van der Waals surface area (Å²) in [4.78, 5) is 1.25. The SMILES string of the molecule is CCn1nc(C)c(Cl)c1CSc1ccc(CNC)cc1. The molecule has 0 radical (unpaired) electrons. The molecule has 0 aliphatic rings. The van der Waals surface area contributed by atoms with Crippen molar-refractivity contribution in [1.82, 2.24) is 15.1 Å². The predicted molar refractivity (Wildman–Crippen MR) is 86.4 cm³/mol. The Balaban J connectivity index is 2.05. The molecule has 1 heterocycles. The topological polar surface area (TPSA) is 29.9 Å². The maximum absolute atomic E-state index is 6.32. The van der Waals surface area contributed by atoms with E-state index in [-0.39, 0.29) is 0 Å². The van der Waals surface area contributed by atoms with Crippen molar-refractivity contribution in [2.24, 2.45) is 0 Å². The van der Waals surface area contributed by atoms with E-state index in [4.69, 9.17) is 11.6 Å². The number of halogens is 1. The van der Waals surface area contributed by atoms with Gasteiger partial charge in [0, 0.05) is 23.7 Å². The summed E-state index contributed by atoms with van der Waals surface area (Å²) >= 11 is 8.11. The van der Waals surface area contributed by atoms with Crippen molar-refractivity contribution in [3.05, 3.63) is 46.2 Å². The number of nitrogens with one attached hydrogen (secondary N) is 1. The average Bonchev–Trinajstić information content (AvgIpc) is 2.74. The first-order valence-electron chi connectivity index (χ1n) is 6.73. The highest BCUT2D eigenvalue weighted by Gasteiger charge is 2.12. The number of thioether (sulfide) groups is 1. The molecule has 0 fully saturated rings. The van der Waals surface area contributed by atoms with E-state index in [1.54, 1.807) is 11.8 Å². The first-order chi connectivity index (χ1) is 9.65. The minimum absolute atomic E-state index is 0.797. The maximum Gasteiger partial charge on any atom is 0.0855 e. The van der Waals surface area contributed by atoms with Crippen LogP contribution < -0.4 is 5.32 Å². The minimum atomic E-state index is 0.797. The Bertz CT molecular complexity index is 563. The van der Waals surface area contributed by atoms with Gasteiger partial charge in [-0.3, -0.25) is 4.68 Å². The largest absolute Gasteiger partial charge is 0.316 e. The molecular formula is C15H20ClN3S. The number of rotatable bonds is 6. The summed E-state index contributed by atoms with van der Waals surface area (Å²) in [6.07, 6.45) is 0. The molecule has 5 heteroatoms. The molecule has 0 unspecified atom stereocenters. The summed E-state index contributed by atoms with van der Waals surface area (Å²) in [5.41, 5.74) is 3.31. The van der Waals surface area contributed by atoms with Crippen molar-refractivity contribution in [1.29, 1.82) is 0 Å². The van der Waals surface area contributed by atoms with Crippen molar-refractivity contribution in [2.75, 3.05) is 7.05 Å². The molecule has 2 rings (SSSR count). The fourth-order valence-electron chi connectivity index (χ4n) is 2.07. The lowest BCUT2D eigenvalue weighted by Gasteiger charge is -2.06. The van der Waals surface area contributed by atoms with Gasteiger partial charge in [-0.2, -0.15) is 5.10 Å². The molecule has 3 nitrogen and oxygen atoms in total. The third kappa shape index (κ3) is 3.57. The fraction of sp³-hybridized carbons (Fsp3) is 0.400. The number of benzene rings is 1. The van der Waals surface area contributed by atoms with E-state index in [9.17, 15) is 0 Å². The molecule has 0 spiro atoms. The Kier molecular flexibility index (Phi) is 5.52. The molecule has 0 atom stereocenters. The highest BCUT2D eigenvalue weighted by molar-refractivity contribution is 7.98. The Morgan fingerprint density at radius 3 is 2.60 bits per heavy atom. The van der Waals surface area contributed by atoms with E-state index in [0.29, 0.717) is 0 Å². The normalized spacial score (nSPS) is 11.0. The number of aryl methyl sites for hydroxylation is 2. The van der Waals surface area contributed by atoms with E-state index in [0.717, 1.165) is 35.3 Å². The summed E-state index contributed by atoms with van der Waals surface area (Å²) in [5.74, 6) is 0.846. The number of nitrogens with zero attached hydrogens (tertiary/aromatic N) is 2. The van der Waals surface area contributed by atoms with Crippen LogP contribution in [-0.2, 0) is 18.8 Å². The van der Waals surface area contributed by atoms with Gasteiger partial charge in [0.05, 0.1) is 16.4 Å². The van der Waals surface area contributed by atoms with Gasteiger partial charge in [-0.15, -0.1) is 11.8 Å². The highest BCUT2D eigenvalue weighted by Crippen LogP contribution is 2.28. The smallest absolute Gasteiger partial charge is 0.0855 e. The summed E-state index contributed by atoms with van der Waals surface area (Å²) < 4.78 is 1.99. The van der Waals surface area contributed by atoms with Crippen LogP contribution in [0.1, 0.15) is 23.9 Å². The van der Waals surface area contributed by atoms with E-state index < -0.39 is 0 Å². The minimum Gasteiger partial charge on any atom is -0.316 e. The Labute approximate surface area is 129 Å². The molecule has 0 amide bonds. The van der Waals surface area contributed by atoms with Crippen LogP contribution in [0.2, 0.25) is 5.02 Å². The predicted octanol–water partition coefficient (Wildman–Crippen LogP) is 3.88. The molecule has 1 aromatic heterocycles. The van der Waals surface area contributed by atoms with Gasteiger partial charge in [0.25, 0.3) is 0 Å². The molecule has 0 saturated carbocycles. The van der Waals surface area contributed by atoms with Crippen LogP contribution in [0.25, 0.3) is 0 Å². The van der Waals surface area contributed by atoms with Gasteiger partial charge in [-0.25, -0.2) is 0 Å². The van der Waals surface area contributed by atoms with Crippen LogP contribution in [0.5, 0.6) is 0 Å². The molecule has 0 bridgehead atoms. The average molecular weight is 310 g/mol. The van der Waals surface area contributed by atoms with Crippen molar-refractivity contribution >= 4 is 23.4 Å². The third-order valence-electron chi connectivity index (χ3n) is 3.13. The molecule has 1 aromatic carbocycles. The second kappa shape index (κ2) is 7.16. The van der Waals surface area contributed by atoms with E-state index >= 15 is 0 Å². The Hall–Kier alpha value is -0.970. The quantitative estimate of drug-likeness (QED) is 0.821. The van der Waals surface area contributed by atoms with Crippen molar-refractivity contribution < 1.29 is 0 Å². The van der Waals surface area contributed by atoms with Crippen molar-refractivity contribution in [2.45, 2.75) is 37.6 Å². The number of hydrogen-bond acceptors (Lipinski definition) is 3. The fourth-order valence-corrected chi connectivity index (χ4v) is 3.27. The Morgan fingerprint density at radius 2 is 2.00 bits per heavy atom. The van der Waals surface area contributed by atoms with Gasteiger partial charge in [-0.1, -0.05) is 23.7 Å². The lowest BCUT2D eigenvalue weighted by atomic mass is 10.2. The van der Waals surface area contributed by atoms with Crippen LogP contribution in [0.4, 0.5) is 0 Å². The molecule has 0 saturated heterocycles. The van der Waals surface area contributed by atoms with E-state index in [1.165, 1.54) is 10.5 Å². The lowest BCUT2D eigenvalue weighted by molar-refractivity contribution is 0.632. The number of hydrogen-bond donors (Lipinski definition) is 1. The molecule has 0 aliphatic heterocycles. The molecule has 2 aromatic rings. The zero-order valence-corrected chi connectivity index (χ0v) is 13.7. The standard InChI is InChI=1S/C15H20ClN3S/c1-4-19-14(15(16)11(2)18-19)10-20-13-7-5-12(6-8-13)9-17-3/h5-8,17H,4,9-10H2,1-3H3. The zero-order valence-electron chi connectivity index (χ0n) is 12.1. The zero-order chi connectivity index (χ0) is 14.5. The van der Waals surface area contributed by atoms with Crippen LogP contribution in [-0.4, -0.2) is 16.8 Å². The second-order valence-electron chi connectivity index (χ2n) is 4.62. The van der Waals surface area contributed by atoms with Gasteiger partial charge in [0.1, 0.15) is 0 Å². The highest BCUT2D eigenvalue weighted by atomic mass is 35.5. The van der Waals surface area contributed by atoms with Gasteiger partial charge in [0.2, 0.25) is 0 Å². The number of aromatic nitrogens is 2. The molecule has 108 valence electrons. The van der Waals surface area contributed by atoms with Crippen LogP contribution in [0.3, 0.4) is 0 Å². The third-order valence-corrected chi connectivity index (χ3v) is 4.65. The first kappa shape index (κ1) is 15.4. The van der Waals surface area contributed by atoms with Crippen LogP contribution >= 0.6 is 23.4 Å². The van der Waals surface area contributed by atoms with Gasteiger partial charge in [-0.05, 0) is 38.6 Å². The molecule has 20 heavy (non-hydrogen) atoms. The summed E-state index contributed by atoms with van der Waals surface area (Å²) in [7, 11) is 1.96. The molecule has 1 N–H and O–H groups in total. The van der Waals surface area contributed by atoms with Crippen molar-refractivity contribution in [3.8, 4) is 0 Å². The van der Waals surface area contributed by atoms with E-state index in [1.807, 2.05) is 18.7 Å². The summed E-state index contributed by atoms with van der Waals surface area (Å²) in [5, 5.41) is 8.39. The summed E-state index contributed by atoms with van der Waals surface area (Å²) in [6.45, 7) is 5.79. The van der Waals surface area contributed by atoms with Crippen LogP contribution in [0, 0.1) is 6.92 Å². The summed E-state index contributed by atoms with van der Waals surface area (Å²) in [6, 6.07) is 8.63.